The molecule has 0 aliphatic rings. The van der Waals surface area contributed by atoms with Crippen molar-refractivity contribution in [3.8, 4) is 0 Å². The molecule has 3 heteroatoms. The van der Waals surface area contributed by atoms with Gasteiger partial charge in [-0.1, -0.05) is 0 Å². The second-order valence-corrected chi connectivity index (χ2v) is 1.43. The Kier molecular flexibility index (Phi) is 7.25. The summed E-state index contributed by atoms with van der Waals surface area (Å²) >= 11 is 0. The Labute approximate surface area is 68.7 Å². The molecule has 2 N–H and O–H groups in total. The topological polar surface area (TPSA) is 41.6 Å². The zero-order chi connectivity index (χ0) is 5.86. The van der Waals surface area contributed by atoms with Gasteiger partial charge in [0.25, 0.3) is 0 Å². The molecular weight excluding hydrogens is 296 g/mol. The van der Waals surface area contributed by atoms with Gasteiger partial charge in [-0.05, 0) is 6.92 Å². The third-order valence-electron chi connectivity index (χ3n) is 0.418. The van der Waals surface area contributed by atoms with Gasteiger partial charge in [-0.3, -0.25) is 4.79 Å². The van der Waals surface area contributed by atoms with E-state index >= 15 is 0 Å². The van der Waals surface area contributed by atoms with Crippen molar-refractivity contribution in [1.29, 1.82) is 0 Å². The van der Waals surface area contributed by atoms with E-state index in [-0.39, 0.29) is 38.8 Å². The summed E-state index contributed by atoms with van der Waals surface area (Å²) in [7, 11) is 0. The molecule has 0 bridgehead atoms. The normalized spacial score (nSPS) is 10.0. The number of hydrogen-bond acceptors (Lipinski definition) is 1. The number of aliphatic hydroxyl groups is 1. The zero-order valence-corrected chi connectivity index (χ0v) is 9.54. The number of hydrogen-bond donors (Lipinski definition) is 1. The summed E-state index contributed by atoms with van der Waals surface area (Å²) in [6, 6.07) is 0. The molecule has 0 radical (unpaired) electrons. The Hall–Kier alpha value is 0.132. The predicted molar refractivity (Wildman–Crippen MR) is 34.8 cm³/mol. The van der Waals surface area contributed by atoms with Crippen molar-refractivity contribution in [2.24, 2.45) is 0 Å². The number of rotatable bonds is 1. The monoisotopic (exact) mass is 306 g/mol. The van der Waals surface area contributed by atoms with Crippen LogP contribution in [0.1, 0.15) is 13.8 Å². The van der Waals surface area contributed by atoms with Crippen molar-refractivity contribution in [2.45, 2.75) is 13.8 Å². The maximum atomic E-state index is 8.40. The van der Waals surface area contributed by atoms with Crippen LogP contribution < -0.4 is 0 Å². The molecule has 0 unspecified atom stereocenters. The maximum Gasteiger partial charge on any atom is 3.00 e. The molecule has 0 aliphatic heterocycles. The van der Waals surface area contributed by atoms with Crippen LogP contribution in [0.2, 0.25) is 0 Å². The van der Waals surface area contributed by atoms with E-state index in [1.807, 2.05) is 0 Å². The molecule has 0 heterocycles. The molecule has 0 amide bonds. The third kappa shape index (κ3) is 9.46. The summed E-state index contributed by atoms with van der Waals surface area (Å²) in [6.45, 7) is 3.00. The third-order valence-corrected chi connectivity index (χ3v) is 0.418. The van der Waals surface area contributed by atoms with Gasteiger partial charge in [0.2, 0.25) is 0 Å². The van der Waals surface area contributed by atoms with E-state index in [1.54, 1.807) is 0 Å². The van der Waals surface area contributed by atoms with Crippen LogP contribution in [0.3, 0.4) is 0 Å². The van der Waals surface area contributed by atoms with E-state index in [2.05, 4.69) is 0 Å². The Bertz CT molecular complexity index is 103. The Morgan fingerprint density at radius 1 is 1.50 bits per heavy atom. The first-order chi connectivity index (χ1) is 3.13. The number of aliphatic hydroxyl groups excluding tert-OH is 1. The molecule has 0 atom stereocenters. The van der Waals surface area contributed by atoms with Gasteiger partial charge in [0.1, 0.15) is 0 Å². The minimum atomic E-state index is 0. The fourth-order valence-corrected chi connectivity index (χ4v) is 0.302. The largest absolute Gasteiger partial charge is 3.00 e. The summed E-state index contributed by atoms with van der Waals surface area (Å²) in [5.74, 6) is 0.250. The van der Waals surface area contributed by atoms with Crippen LogP contribution in [0.4, 0.5) is 0 Å². The van der Waals surface area contributed by atoms with E-state index in [9.17, 15) is 0 Å². The van der Waals surface area contributed by atoms with Gasteiger partial charge in [-0.15, -0.1) is 0 Å². The van der Waals surface area contributed by atoms with Crippen molar-refractivity contribution in [1.82, 2.24) is 0 Å². The van der Waals surface area contributed by atoms with Crippen LogP contribution in [-0.4, -0.2) is 43.0 Å². The van der Waals surface area contributed by atoms with Gasteiger partial charge in [0.15, 0.2) is 0 Å². The van der Waals surface area contributed by atoms with Crippen LogP contribution in [-0.2, 0) is 0 Å². The minimum Gasteiger partial charge on any atom is -0.512 e. The first-order valence-corrected chi connectivity index (χ1v) is 2.02. The fraction of sp³-hybridized carbons (Fsp3) is 0.400. The summed E-state index contributed by atoms with van der Waals surface area (Å²) < 4.78 is 0. The number of carbonyl (C=O) groups excluding carboxylic acids is 1. The van der Waals surface area contributed by atoms with Crippen molar-refractivity contribution in [3.05, 3.63) is 11.8 Å². The zero-order valence-electron chi connectivity index (χ0n) is 5.05. The number of ketones is 1. The Morgan fingerprint density at radius 2 is 1.88 bits per heavy atom. The van der Waals surface area contributed by atoms with Gasteiger partial charge < -0.3 is 5.11 Å². The first kappa shape index (κ1) is 11.0. The van der Waals surface area contributed by atoms with Crippen LogP contribution in [0.15, 0.2) is 11.8 Å². The molecule has 0 saturated carbocycles. The van der Waals surface area contributed by atoms with Gasteiger partial charge in [0, 0.05) is 0 Å². The molecule has 0 rings (SSSR count). The fourth-order valence-electron chi connectivity index (χ4n) is 0.302. The summed E-state index contributed by atoms with van der Waals surface area (Å²) in [5.41, 5.74) is 0. The van der Waals surface area contributed by atoms with E-state index < -0.39 is 0 Å². The van der Waals surface area contributed by atoms with Crippen LogP contribution in [0.5, 0.6) is 0 Å². The van der Waals surface area contributed by atoms with Crippen molar-refractivity contribution < 1.29 is 9.90 Å². The number of allylic oxidation sites excluding steroid dienone is 2. The molecule has 2 nitrogen and oxygen atoms in total. The average Bonchev–Trinajstić information content (AvgIpc) is 1.27. The average molecular weight is 306 g/mol. The van der Waals surface area contributed by atoms with Crippen molar-refractivity contribution in [3.63, 3.8) is 0 Å². The standard InChI is InChI=1S/C5H8O2.Tl/c1-4(6)3-5(2)7;/h3,6H,1-2H3;/q;+3/p+1/b4-3-;. The molecule has 0 spiro atoms. The Morgan fingerprint density at radius 3 is 1.88 bits per heavy atom. The van der Waals surface area contributed by atoms with E-state index in [0.717, 1.165) is 0 Å². The second-order valence-electron chi connectivity index (χ2n) is 1.43. The minimum absolute atomic E-state index is 0. The van der Waals surface area contributed by atoms with Crippen molar-refractivity contribution >= 4 is 33.1 Å². The molecular formula is C5H9O2Tl+4. The summed E-state index contributed by atoms with van der Waals surface area (Å²) in [5, 5.41) is 8.40. The first-order valence-electron chi connectivity index (χ1n) is 2.02. The van der Waals surface area contributed by atoms with Crippen LogP contribution in [0, 0.1) is 0 Å². The molecule has 0 aromatic carbocycles. The molecule has 8 heavy (non-hydrogen) atoms. The van der Waals surface area contributed by atoms with Crippen molar-refractivity contribution in [2.75, 3.05) is 0 Å². The van der Waals surface area contributed by atoms with Gasteiger partial charge >= 0.3 is 33.1 Å². The Balaban J connectivity index is 0. The summed E-state index contributed by atoms with van der Waals surface area (Å²) in [6.07, 6.45) is 1.28. The molecule has 0 aromatic heterocycles. The second kappa shape index (κ2) is 5.27. The quantitative estimate of drug-likeness (QED) is 0.328. The van der Waals surface area contributed by atoms with Crippen LogP contribution in [0.25, 0.3) is 0 Å². The molecule has 0 fully saturated rings. The molecule has 0 aromatic rings. The van der Waals surface area contributed by atoms with E-state index in [0.29, 0.717) is 0 Å². The van der Waals surface area contributed by atoms with Gasteiger partial charge in [-0.2, -0.15) is 0 Å². The van der Waals surface area contributed by atoms with Crippen LogP contribution >= 0.6 is 0 Å². The maximum absolute atomic E-state index is 8.40. The summed E-state index contributed by atoms with van der Waals surface area (Å²) in [4.78, 5) is 8.40. The van der Waals surface area contributed by atoms with Gasteiger partial charge in [-0.25, -0.2) is 0 Å². The predicted octanol–water partition coefficient (Wildman–Crippen LogP) is 0.632. The van der Waals surface area contributed by atoms with E-state index in [4.69, 9.17) is 9.90 Å². The molecule has 0 aliphatic carbocycles. The smallest absolute Gasteiger partial charge is 0.512 e. The molecule has 0 saturated heterocycles. The molecule has 40 valence electrons. The SMILES string of the molecule is CC(=[OH+])/C=C(/C)O.[Tl+3]. The van der Waals surface area contributed by atoms with E-state index in [1.165, 1.54) is 19.9 Å². The van der Waals surface area contributed by atoms with Gasteiger partial charge in [0.05, 0.1) is 18.8 Å².